The Morgan fingerprint density at radius 1 is 1.36 bits per heavy atom. The van der Waals surface area contributed by atoms with Gasteiger partial charge >= 0.3 is 0 Å². The van der Waals surface area contributed by atoms with Gasteiger partial charge in [-0.05, 0) is 31.5 Å². The highest BCUT2D eigenvalue weighted by Gasteiger charge is 2.17. The molecule has 3 rings (SSSR count). The molecule has 2 heterocycles. The molecule has 0 spiro atoms. The molecule has 1 aromatic carbocycles. The molecular weight excluding hydrogens is 312 g/mol. The van der Waals surface area contributed by atoms with E-state index in [1.54, 1.807) is 23.5 Å². The zero-order chi connectivity index (χ0) is 15.7. The minimum atomic E-state index is 0.174. The van der Waals surface area contributed by atoms with Crippen LogP contribution in [0.5, 0.6) is 0 Å². The van der Waals surface area contributed by atoms with Crippen molar-refractivity contribution in [3.05, 3.63) is 52.8 Å². The molecule has 0 atom stereocenters. The van der Waals surface area contributed by atoms with Gasteiger partial charge in [-0.3, -0.25) is 4.79 Å². The van der Waals surface area contributed by atoms with Gasteiger partial charge in [-0.15, -0.1) is 0 Å². The third-order valence-corrected chi connectivity index (χ3v) is 6.20. The number of thioether (sulfide) groups is 2. The van der Waals surface area contributed by atoms with Crippen molar-refractivity contribution in [2.75, 3.05) is 5.75 Å². The summed E-state index contributed by atoms with van der Waals surface area (Å²) in [6, 6.07) is 10.2. The van der Waals surface area contributed by atoms with Gasteiger partial charge < -0.3 is 4.57 Å². The van der Waals surface area contributed by atoms with Crippen LogP contribution in [0.2, 0.25) is 0 Å². The van der Waals surface area contributed by atoms with Crippen LogP contribution in [-0.2, 0) is 12.8 Å². The molecule has 0 saturated heterocycles. The van der Waals surface area contributed by atoms with E-state index in [0.717, 1.165) is 32.8 Å². The topological polar surface area (TPSA) is 34.4 Å². The smallest absolute Gasteiger partial charge is 0.174 e. The summed E-state index contributed by atoms with van der Waals surface area (Å²) in [5.74, 6) is 1.55. The summed E-state index contributed by atoms with van der Waals surface area (Å²) >= 11 is 3.25. The summed E-state index contributed by atoms with van der Waals surface area (Å²) < 4.78 is 3.04. The van der Waals surface area contributed by atoms with E-state index in [-0.39, 0.29) is 5.78 Å². The molecule has 0 fully saturated rings. The zero-order valence-electron chi connectivity index (χ0n) is 12.9. The zero-order valence-corrected chi connectivity index (χ0v) is 14.6. The summed E-state index contributed by atoms with van der Waals surface area (Å²) in [5.41, 5.74) is 5.27. The number of rotatable bonds is 3. The minimum absolute atomic E-state index is 0.174. The van der Waals surface area contributed by atoms with Crippen molar-refractivity contribution in [1.82, 2.24) is 4.57 Å². The van der Waals surface area contributed by atoms with Gasteiger partial charge in [0.05, 0.1) is 11.4 Å². The number of hydrogen-bond donors (Lipinski definition) is 0. The first-order valence-corrected chi connectivity index (χ1v) is 9.11. The third kappa shape index (κ3) is 3.01. The van der Waals surface area contributed by atoms with Crippen LogP contribution in [0.25, 0.3) is 0 Å². The normalized spacial score (nSPS) is 13.7. The number of carbonyl (C=O) groups is 1. The molecular formula is C17H18N2OS2. The molecule has 2 aromatic rings. The number of aliphatic imine (C=N–C) groups is 1. The van der Waals surface area contributed by atoms with E-state index in [1.165, 1.54) is 5.56 Å². The van der Waals surface area contributed by atoms with Crippen LogP contribution < -0.4 is 0 Å². The van der Waals surface area contributed by atoms with E-state index in [1.807, 2.05) is 45.2 Å². The second kappa shape index (κ2) is 6.34. The van der Waals surface area contributed by atoms with Crippen LogP contribution in [0.1, 0.15) is 27.3 Å². The van der Waals surface area contributed by atoms with Crippen LogP contribution in [0.4, 0.5) is 5.69 Å². The van der Waals surface area contributed by atoms with Gasteiger partial charge in [0, 0.05) is 29.8 Å². The Morgan fingerprint density at radius 3 is 2.86 bits per heavy atom. The fourth-order valence-corrected chi connectivity index (χ4v) is 4.37. The van der Waals surface area contributed by atoms with E-state index in [4.69, 9.17) is 0 Å². The lowest BCUT2D eigenvalue weighted by molar-refractivity contribution is 0.102. The molecule has 114 valence electrons. The predicted octanol–water partition coefficient (Wildman–Crippen LogP) is 4.49. The van der Waals surface area contributed by atoms with Gasteiger partial charge in [0.2, 0.25) is 0 Å². The first kappa shape index (κ1) is 15.4. The molecule has 0 aliphatic carbocycles. The van der Waals surface area contributed by atoms with E-state index in [9.17, 15) is 4.79 Å². The molecule has 0 unspecified atom stereocenters. The van der Waals surface area contributed by atoms with Crippen molar-refractivity contribution in [1.29, 1.82) is 0 Å². The van der Waals surface area contributed by atoms with Gasteiger partial charge in [-0.25, -0.2) is 4.99 Å². The third-order valence-electron chi connectivity index (χ3n) is 3.96. The van der Waals surface area contributed by atoms with Gasteiger partial charge in [-0.2, -0.15) is 0 Å². The summed E-state index contributed by atoms with van der Waals surface area (Å²) in [6.45, 7) is 4.02. The predicted molar refractivity (Wildman–Crippen MR) is 96.5 cm³/mol. The Labute approximate surface area is 139 Å². The highest BCUT2D eigenvalue weighted by molar-refractivity contribution is 8.38. The second-order valence-electron chi connectivity index (χ2n) is 5.35. The van der Waals surface area contributed by atoms with Crippen LogP contribution >= 0.6 is 23.5 Å². The van der Waals surface area contributed by atoms with Crippen molar-refractivity contribution in [3.8, 4) is 0 Å². The van der Waals surface area contributed by atoms with Gasteiger partial charge in [0.15, 0.2) is 5.78 Å². The quantitative estimate of drug-likeness (QED) is 0.778. The summed E-state index contributed by atoms with van der Waals surface area (Å²) in [6.07, 6.45) is 0. The SMILES string of the molecule is Cc1cc(C(=O)CSC2=Nc3ccccc3CS2)c(C)n1C. The number of aromatic nitrogens is 1. The van der Waals surface area contributed by atoms with Gasteiger partial charge in [-0.1, -0.05) is 41.7 Å². The van der Waals surface area contributed by atoms with Gasteiger partial charge in [0.25, 0.3) is 0 Å². The van der Waals surface area contributed by atoms with E-state index < -0.39 is 0 Å². The average molecular weight is 330 g/mol. The Bertz CT molecular complexity index is 762. The van der Waals surface area contributed by atoms with Crippen LogP contribution in [0.15, 0.2) is 35.3 Å². The number of fused-ring (bicyclic) bond motifs is 1. The fourth-order valence-electron chi connectivity index (χ4n) is 2.43. The van der Waals surface area contributed by atoms with Crippen molar-refractivity contribution in [3.63, 3.8) is 0 Å². The van der Waals surface area contributed by atoms with E-state index in [2.05, 4.69) is 15.6 Å². The lowest BCUT2D eigenvalue weighted by atomic mass is 10.2. The van der Waals surface area contributed by atoms with Crippen LogP contribution in [-0.4, -0.2) is 20.5 Å². The maximum atomic E-state index is 12.4. The first-order valence-electron chi connectivity index (χ1n) is 7.14. The molecule has 0 radical (unpaired) electrons. The number of ketones is 1. The largest absolute Gasteiger partial charge is 0.351 e. The molecule has 5 heteroatoms. The molecule has 0 bridgehead atoms. The highest BCUT2D eigenvalue weighted by atomic mass is 32.2. The second-order valence-corrected chi connectivity index (χ2v) is 7.54. The molecule has 1 aromatic heterocycles. The first-order chi connectivity index (χ1) is 10.6. The molecule has 1 aliphatic rings. The lowest BCUT2D eigenvalue weighted by Gasteiger charge is -2.13. The summed E-state index contributed by atoms with van der Waals surface area (Å²) in [4.78, 5) is 17.1. The fraction of sp³-hybridized carbons (Fsp3) is 0.294. The molecule has 0 N–H and O–H groups in total. The van der Waals surface area contributed by atoms with Crippen LogP contribution in [0.3, 0.4) is 0 Å². The van der Waals surface area contributed by atoms with E-state index in [0.29, 0.717) is 5.75 Å². The lowest BCUT2D eigenvalue weighted by Crippen LogP contribution is -2.07. The van der Waals surface area contributed by atoms with Crippen molar-refractivity contribution in [2.24, 2.45) is 12.0 Å². The van der Waals surface area contributed by atoms with Crippen molar-refractivity contribution in [2.45, 2.75) is 19.6 Å². The maximum Gasteiger partial charge on any atom is 0.174 e. The molecule has 0 saturated carbocycles. The number of para-hydroxylation sites is 1. The van der Waals surface area contributed by atoms with Crippen LogP contribution in [0, 0.1) is 13.8 Å². The number of aryl methyl sites for hydroxylation is 1. The van der Waals surface area contributed by atoms with Crippen molar-refractivity contribution < 1.29 is 4.79 Å². The standard InChI is InChI=1S/C17H18N2OS2/c1-11-8-14(12(2)19(11)3)16(20)10-22-17-18-15-7-5-4-6-13(15)9-21-17/h4-8H,9-10H2,1-3H3. The number of hydrogen-bond acceptors (Lipinski definition) is 4. The van der Waals surface area contributed by atoms with Crippen molar-refractivity contribution >= 4 is 39.4 Å². The molecule has 0 amide bonds. The Kier molecular flexibility index (Phi) is 4.45. The number of Topliss-reactive ketones (excluding diaryl/α,β-unsaturated/α-hetero) is 1. The number of carbonyl (C=O) groups excluding carboxylic acids is 1. The van der Waals surface area contributed by atoms with E-state index >= 15 is 0 Å². The summed E-state index contributed by atoms with van der Waals surface area (Å²) in [7, 11) is 1.99. The molecule has 22 heavy (non-hydrogen) atoms. The average Bonchev–Trinajstić information content (AvgIpc) is 2.80. The Hall–Kier alpha value is -1.46. The minimum Gasteiger partial charge on any atom is -0.351 e. The number of nitrogens with zero attached hydrogens (tertiary/aromatic N) is 2. The highest BCUT2D eigenvalue weighted by Crippen LogP contribution is 2.34. The Morgan fingerprint density at radius 2 is 2.14 bits per heavy atom. The number of benzene rings is 1. The summed E-state index contributed by atoms with van der Waals surface area (Å²) in [5, 5.41) is 0. The molecule has 3 nitrogen and oxygen atoms in total. The molecule has 1 aliphatic heterocycles. The monoisotopic (exact) mass is 330 g/mol. The maximum absolute atomic E-state index is 12.4. The van der Waals surface area contributed by atoms with Gasteiger partial charge in [0.1, 0.15) is 4.38 Å². The Balaban J connectivity index is 1.69.